The predicted octanol–water partition coefficient (Wildman–Crippen LogP) is 2.33. The molecule has 1 N–H and O–H groups in total. The van der Waals surface area contributed by atoms with E-state index in [-0.39, 0.29) is 6.04 Å². The first-order chi connectivity index (χ1) is 13.1. The maximum Gasteiger partial charge on any atom is 0.243 e. The lowest BCUT2D eigenvalue weighted by atomic mass is 10.1. The van der Waals surface area contributed by atoms with Crippen LogP contribution in [0.4, 0.5) is 5.82 Å². The second-order valence-corrected chi connectivity index (χ2v) is 9.16. The zero-order valence-corrected chi connectivity index (χ0v) is 16.5. The molecule has 144 valence electrons. The summed E-state index contributed by atoms with van der Waals surface area (Å²) in [6.45, 7) is 6.35. The summed E-state index contributed by atoms with van der Waals surface area (Å²) < 4.78 is 27.9. The molecule has 2 fully saturated rings. The summed E-state index contributed by atoms with van der Waals surface area (Å²) in [5, 5.41) is 3.34. The van der Waals surface area contributed by atoms with Crippen LogP contribution >= 0.6 is 0 Å². The summed E-state index contributed by atoms with van der Waals surface area (Å²) in [6, 6.07) is 11.0. The van der Waals surface area contributed by atoms with Crippen LogP contribution in [0, 0.1) is 6.92 Å². The molecule has 0 radical (unpaired) electrons. The molecule has 0 aliphatic carbocycles. The summed E-state index contributed by atoms with van der Waals surface area (Å²) >= 11 is 0. The van der Waals surface area contributed by atoms with E-state index in [0.717, 1.165) is 56.0 Å². The van der Waals surface area contributed by atoms with Crippen LogP contribution in [0.1, 0.15) is 30.0 Å². The molecular weight excluding hydrogens is 360 g/mol. The molecule has 0 unspecified atom stereocenters. The number of piperazine rings is 1. The van der Waals surface area contributed by atoms with Gasteiger partial charge in [0.25, 0.3) is 0 Å². The van der Waals surface area contributed by atoms with E-state index in [1.165, 1.54) is 0 Å². The van der Waals surface area contributed by atoms with Gasteiger partial charge in [-0.1, -0.05) is 23.8 Å². The maximum atomic E-state index is 13.1. The number of nitrogens with one attached hydrogen (secondary N) is 1. The van der Waals surface area contributed by atoms with Crippen molar-refractivity contribution in [1.82, 2.24) is 14.6 Å². The lowest BCUT2D eigenvalue weighted by Gasteiger charge is -2.29. The second-order valence-electron chi connectivity index (χ2n) is 7.27. The van der Waals surface area contributed by atoms with Crippen molar-refractivity contribution in [2.45, 2.75) is 30.7 Å². The van der Waals surface area contributed by atoms with Gasteiger partial charge in [0.05, 0.1) is 10.9 Å². The Labute approximate surface area is 161 Å². The third-order valence-electron chi connectivity index (χ3n) is 5.43. The number of hydrogen-bond donors (Lipinski definition) is 1. The zero-order valence-electron chi connectivity index (χ0n) is 15.6. The summed E-state index contributed by atoms with van der Waals surface area (Å²) in [6.07, 6.45) is 3.56. The van der Waals surface area contributed by atoms with Gasteiger partial charge >= 0.3 is 0 Å². The Morgan fingerprint density at radius 2 is 1.78 bits per heavy atom. The zero-order chi connectivity index (χ0) is 18.9. The first kappa shape index (κ1) is 18.4. The summed E-state index contributed by atoms with van der Waals surface area (Å²) in [7, 11) is -3.50. The molecule has 2 aromatic rings. The highest BCUT2D eigenvalue weighted by Gasteiger charge is 2.36. The van der Waals surface area contributed by atoms with Crippen molar-refractivity contribution in [1.29, 1.82) is 0 Å². The van der Waals surface area contributed by atoms with Gasteiger partial charge in [-0.05, 0) is 43.5 Å². The lowest BCUT2D eigenvalue weighted by molar-refractivity contribution is 0.396. The van der Waals surface area contributed by atoms with Crippen molar-refractivity contribution in [3.8, 4) is 0 Å². The minimum atomic E-state index is -3.50. The van der Waals surface area contributed by atoms with Gasteiger partial charge in [-0.25, -0.2) is 13.4 Å². The van der Waals surface area contributed by atoms with Crippen molar-refractivity contribution in [3.05, 3.63) is 53.7 Å². The van der Waals surface area contributed by atoms with Gasteiger partial charge in [0.1, 0.15) is 5.82 Å². The Morgan fingerprint density at radius 1 is 1.04 bits per heavy atom. The first-order valence-corrected chi connectivity index (χ1v) is 11.0. The van der Waals surface area contributed by atoms with Crippen molar-refractivity contribution in [3.63, 3.8) is 0 Å². The Balaban J connectivity index is 1.56. The number of aryl methyl sites for hydroxylation is 1. The largest absolute Gasteiger partial charge is 0.354 e. The molecular formula is C20H26N4O2S. The van der Waals surface area contributed by atoms with E-state index in [0.29, 0.717) is 11.4 Å². The van der Waals surface area contributed by atoms with Gasteiger partial charge in [0.2, 0.25) is 10.0 Å². The smallest absolute Gasteiger partial charge is 0.243 e. The number of rotatable bonds is 4. The summed E-state index contributed by atoms with van der Waals surface area (Å²) in [5.74, 6) is 0.964. The molecule has 0 spiro atoms. The van der Waals surface area contributed by atoms with E-state index < -0.39 is 10.0 Å². The predicted molar refractivity (Wildman–Crippen MR) is 106 cm³/mol. The molecule has 2 saturated heterocycles. The number of pyridine rings is 1. The fourth-order valence-corrected chi connectivity index (χ4v) is 5.56. The quantitative estimate of drug-likeness (QED) is 0.874. The number of nitrogens with zero attached hydrogens (tertiary/aromatic N) is 3. The van der Waals surface area contributed by atoms with Crippen molar-refractivity contribution < 1.29 is 8.42 Å². The first-order valence-electron chi connectivity index (χ1n) is 9.56. The molecule has 2 aliphatic rings. The average Bonchev–Trinajstić information content (AvgIpc) is 3.20. The van der Waals surface area contributed by atoms with Crippen LogP contribution in [0.25, 0.3) is 0 Å². The van der Waals surface area contributed by atoms with Crippen LogP contribution in [0.15, 0.2) is 47.5 Å². The van der Waals surface area contributed by atoms with Crippen LogP contribution in [0.5, 0.6) is 0 Å². The van der Waals surface area contributed by atoms with Crippen LogP contribution in [0.2, 0.25) is 0 Å². The van der Waals surface area contributed by atoms with E-state index in [2.05, 4.69) is 15.2 Å². The number of hydrogen-bond acceptors (Lipinski definition) is 5. The fourth-order valence-electron chi connectivity index (χ4n) is 3.88. The number of aromatic nitrogens is 1. The molecule has 1 aromatic carbocycles. The van der Waals surface area contributed by atoms with Gasteiger partial charge in [-0.3, -0.25) is 0 Å². The van der Waals surface area contributed by atoms with E-state index in [4.69, 9.17) is 0 Å². The highest BCUT2D eigenvalue weighted by molar-refractivity contribution is 7.89. The Bertz CT molecular complexity index is 875. The van der Waals surface area contributed by atoms with Crippen LogP contribution in [0.3, 0.4) is 0 Å². The van der Waals surface area contributed by atoms with E-state index in [1.807, 2.05) is 37.4 Å². The molecule has 4 rings (SSSR count). The number of anilines is 1. The maximum absolute atomic E-state index is 13.1. The van der Waals surface area contributed by atoms with Gasteiger partial charge in [-0.15, -0.1) is 0 Å². The monoisotopic (exact) mass is 386 g/mol. The van der Waals surface area contributed by atoms with Crippen LogP contribution < -0.4 is 10.2 Å². The highest BCUT2D eigenvalue weighted by atomic mass is 32.2. The average molecular weight is 387 g/mol. The van der Waals surface area contributed by atoms with Crippen molar-refractivity contribution >= 4 is 15.8 Å². The lowest BCUT2D eigenvalue weighted by Crippen LogP contribution is -2.43. The standard InChI is InChI=1S/C20H26N4O2S/c1-16-4-7-18(8-5-16)27(25,26)24-12-2-3-19(24)17-6-9-20(22-15-17)23-13-10-21-11-14-23/h4-9,15,19,21H,2-3,10-14H2,1H3/t19-/m0/s1. The molecule has 0 amide bonds. The molecule has 6 nitrogen and oxygen atoms in total. The highest BCUT2D eigenvalue weighted by Crippen LogP contribution is 2.36. The fraction of sp³-hybridized carbons (Fsp3) is 0.450. The molecule has 0 saturated carbocycles. The Morgan fingerprint density at radius 3 is 2.44 bits per heavy atom. The topological polar surface area (TPSA) is 65.5 Å². The van der Waals surface area contributed by atoms with Gasteiger partial charge in [0, 0.05) is 38.9 Å². The van der Waals surface area contributed by atoms with Crippen molar-refractivity contribution in [2.24, 2.45) is 0 Å². The molecule has 2 aliphatic heterocycles. The second kappa shape index (κ2) is 7.58. The van der Waals surface area contributed by atoms with Gasteiger partial charge < -0.3 is 10.2 Å². The minimum absolute atomic E-state index is 0.138. The molecule has 7 heteroatoms. The normalized spacial score (nSPS) is 21.5. The molecule has 0 bridgehead atoms. The summed E-state index contributed by atoms with van der Waals surface area (Å²) in [4.78, 5) is 7.25. The third-order valence-corrected chi connectivity index (χ3v) is 7.35. The molecule has 27 heavy (non-hydrogen) atoms. The number of benzene rings is 1. The van der Waals surface area contributed by atoms with Crippen LogP contribution in [-0.2, 0) is 10.0 Å². The van der Waals surface area contributed by atoms with E-state index in [9.17, 15) is 8.42 Å². The Hall–Kier alpha value is -1.96. The van der Waals surface area contributed by atoms with Gasteiger partial charge in [0.15, 0.2) is 0 Å². The molecule has 3 heterocycles. The minimum Gasteiger partial charge on any atom is -0.354 e. The van der Waals surface area contributed by atoms with E-state index in [1.54, 1.807) is 16.4 Å². The molecule has 1 atom stereocenters. The third kappa shape index (κ3) is 3.72. The SMILES string of the molecule is Cc1ccc(S(=O)(=O)N2CCC[C@H]2c2ccc(N3CCNCC3)nc2)cc1. The number of sulfonamides is 1. The molecule has 1 aromatic heterocycles. The van der Waals surface area contributed by atoms with Crippen molar-refractivity contribution in [2.75, 3.05) is 37.6 Å². The van der Waals surface area contributed by atoms with Crippen LogP contribution in [-0.4, -0.2) is 50.4 Å². The Kier molecular flexibility index (Phi) is 5.16. The summed E-state index contributed by atoms with van der Waals surface area (Å²) in [5.41, 5.74) is 2.03. The van der Waals surface area contributed by atoms with Gasteiger partial charge in [-0.2, -0.15) is 4.31 Å². The van der Waals surface area contributed by atoms with E-state index >= 15 is 0 Å².